The van der Waals surface area contributed by atoms with Crippen LogP contribution in [-0.4, -0.2) is 84.1 Å². The number of nitrogens with one attached hydrogen (secondary N) is 2. The average molecular weight is 540 g/mol. The molecule has 12 heteroatoms. The Balaban J connectivity index is 1.96. The summed E-state index contributed by atoms with van der Waals surface area (Å²) in [4.78, 5) is 44.1. The Morgan fingerprint density at radius 3 is 2.34 bits per heavy atom. The minimum absolute atomic E-state index is 0.00557. The van der Waals surface area contributed by atoms with Gasteiger partial charge in [0.2, 0.25) is 0 Å². The molecule has 210 valence electrons. The van der Waals surface area contributed by atoms with Gasteiger partial charge in [0.1, 0.15) is 0 Å². The zero-order valence-electron chi connectivity index (χ0n) is 22.4. The van der Waals surface area contributed by atoms with E-state index in [-0.39, 0.29) is 43.4 Å². The third-order valence-corrected chi connectivity index (χ3v) is 6.58. The van der Waals surface area contributed by atoms with E-state index in [0.717, 1.165) is 12.1 Å². The molecule has 0 spiro atoms. The number of carbonyl (C=O) groups excluding carboxylic acids is 3. The van der Waals surface area contributed by atoms with Crippen LogP contribution in [0, 0.1) is 0 Å². The van der Waals surface area contributed by atoms with Gasteiger partial charge in [-0.3, -0.25) is 9.80 Å². The van der Waals surface area contributed by atoms with Crippen molar-refractivity contribution in [1.29, 1.82) is 0 Å². The van der Waals surface area contributed by atoms with Gasteiger partial charge in [0.25, 0.3) is 0 Å². The number of alkyl halides is 3. The maximum absolute atomic E-state index is 13.2. The lowest BCUT2D eigenvalue weighted by Gasteiger charge is -2.43. The number of ether oxygens (including phenoxy) is 1. The first-order valence-corrected chi connectivity index (χ1v) is 12.8. The number of hydrogen-bond donors (Lipinski definition) is 2. The highest BCUT2D eigenvalue weighted by molar-refractivity contribution is 5.95. The molecule has 3 rings (SSSR count). The average Bonchev–Trinajstić information content (AvgIpc) is 2.83. The fourth-order valence-corrected chi connectivity index (χ4v) is 4.79. The highest BCUT2D eigenvalue weighted by Crippen LogP contribution is 2.35. The van der Waals surface area contributed by atoms with Crippen molar-refractivity contribution < 1.29 is 32.3 Å². The molecule has 1 saturated heterocycles. The van der Waals surface area contributed by atoms with Crippen LogP contribution in [0.1, 0.15) is 51.8 Å². The molecular weight excluding hydrogens is 503 g/mol. The summed E-state index contributed by atoms with van der Waals surface area (Å²) < 4.78 is 44.7. The molecule has 0 radical (unpaired) electrons. The van der Waals surface area contributed by atoms with Crippen molar-refractivity contribution in [1.82, 2.24) is 25.3 Å². The number of hydrogen-bond acceptors (Lipinski definition) is 5. The molecular formula is C26H36F3N5O4. The quantitative estimate of drug-likeness (QED) is 0.515. The van der Waals surface area contributed by atoms with E-state index in [1.165, 1.54) is 17.0 Å². The van der Waals surface area contributed by atoms with Gasteiger partial charge in [-0.15, -0.1) is 0 Å². The summed E-state index contributed by atoms with van der Waals surface area (Å²) in [5.74, 6) is -0.645. The van der Waals surface area contributed by atoms with Crippen LogP contribution in [-0.2, 0) is 15.7 Å². The number of likely N-dealkylation sites (N-methyl/N-ethyl adjacent to an activating group) is 1. The van der Waals surface area contributed by atoms with E-state index in [1.54, 1.807) is 18.7 Å². The summed E-state index contributed by atoms with van der Waals surface area (Å²) in [7, 11) is 0. The fraction of sp³-hybridized carbons (Fsp3) is 0.577. The number of urea groups is 2. The number of halogens is 3. The van der Waals surface area contributed by atoms with Gasteiger partial charge in [-0.2, -0.15) is 13.2 Å². The van der Waals surface area contributed by atoms with E-state index in [1.807, 2.05) is 20.8 Å². The second-order valence-electron chi connectivity index (χ2n) is 9.71. The number of benzene rings is 1. The van der Waals surface area contributed by atoms with E-state index in [9.17, 15) is 27.6 Å². The number of amides is 4. The van der Waals surface area contributed by atoms with Crippen LogP contribution < -0.4 is 10.6 Å². The predicted molar refractivity (Wildman–Crippen MR) is 135 cm³/mol. The van der Waals surface area contributed by atoms with Gasteiger partial charge in [-0.1, -0.05) is 12.1 Å². The number of piperazine rings is 1. The SMILES string of the molecule is CCOC(=O)C1=C(CN2CCN(C(=O)NC(C)C)C(C)C2)N(CC)C(=O)NC1c1ccc(C(F)(F)F)cc1. The highest BCUT2D eigenvalue weighted by Gasteiger charge is 2.40. The Kier molecular flexibility index (Phi) is 9.29. The lowest BCUT2D eigenvalue weighted by atomic mass is 9.93. The topological polar surface area (TPSA) is 94.2 Å². The van der Waals surface area contributed by atoms with Crippen molar-refractivity contribution in [2.75, 3.05) is 39.3 Å². The first-order chi connectivity index (χ1) is 17.9. The van der Waals surface area contributed by atoms with E-state index < -0.39 is 29.8 Å². The molecule has 2 N–H and O–H groups in total. The van der Waals surface area contributed by atoms with Gasteiger partial charge in [0.15, 0.2) is 0 Å². The van der Waals surface area contributed by atoms with Crippen LogP contribution in [0.4, 0.5) is 22.8 Å². The van der Waals surface area contributed by atoms with E-state index in [0.29, 0.717) is 30.9 Å². The summed E-state index contributed by atoms with van der Waals surface area (Å²) in [5.41, 5.74) is 0.132. The minimum Gasteiger partial charge on any atom is -0.463 e. The van der Waals surface area contributed by atoms with Gasteiger partial charge >= 0.3 is 24.2 Å². The molecule has 2 aliphatic heterocycles. The molecule has 2 atom stereocenters. The highest BCUT2D eigenvalue weighted by atomic mass is 19.4. The standard InChI is InChI=1S/C26H36F3N5O4/c1-6-33-20(15-32-12-13-34(17(5)14-32)24(36)30-16(3)4)21(23(35)38-7-2)22(31-25(33)37)18-8-10-19(11-9-18)26(27,28)29/h8-11,16-17,22H,6-7,12-15H2,1-5H3,(H,30,36)(H,31,37). The summed E-state index contributed by atoms with van der Waals surface area (Å²) >= 11 is 0. The first-order valence-electron chi connectivity index (χ1n) is 12.8. The largest absolute Gasteiger partial charge is 0.463 e. The fourth-order valence-electron chi connectivity index (χ4n) is 4.79. The van der Waals surface area contributed by atoms with E-state index >= 15 is 0 Å². The molecule has 9 nitrogen and oxygen atoms in total. The maximum Gasteiger partial charge on any atom is 0.416 e. The first kappa shape index (κ1) is 29.3. The van der Waals surface area contributed by atoms with Crippen molar-refractivity contribution in [2.45, 2.75) is 58.9 Å². The number of nitrogens with zero attached hydrogens (tertiary/aromatic N) is 3. The normalized spacial score (nSPS) is 21.0. The molecule has 1 aromatic rings. The van der Waals surface area contributed by atoms with Crippen molar-refractivity contribution in [3.8, 4) is 0 Å². The zero-order valence-corrected chi connectivity index (χ0v) is 22.4. The van der Waals surface area contributed by atoms with Crippen molar-refractivity contribution >= 4 is 18.0 Å². The Morgan fingerprint density at radius 2 is 1.82 bits per heavy atom. The second-order valence-corrected chi connectivity index (χ2v) is 9.71. The molecule has 2 heterocycles. The minimum atomic E-state index is -4.51. The summed E-state index contributed by atoms with van der Waals surface area (Å²) in [5, 5.41) is 5.67. The van der Waals surface area contributed by atoms with Crippen LogP contribution in [0.15, 0.2) is 35.5 Å². The molecule has 2 aliphatic rings. The van der Waals surface area contributed by atoms with E-state index in [4.69, 9.17) is 4.74 Å². The smallest absolute Gasteiger partial charge is 0.416 e. The lowest BCUT2D eigenvalue weighted by molar-refractivity contribution is -0.139. The molecule has 0 bridgehead atoms. The zero-order chi connectivity index (χ0) is 28.2. The number of carbonyl (C=O) groups is 3. The number of esters is 1. The monoisotopic (exact) mass is 539 g/mol. The van der Waals surface area contributed by atoms with Crippen LogP contribution in [0.5, 0.6) is 0 Å². The molecule has 0 saturated carbocycles. The molecule has 2 unspecified atom stereocenters. The predicted octanol–water partition coefficient (Wildman–Crippen LogP) is 3.73. The van der Waals surface area contributed by atoms with Crippen LogP contribution >= 0.6 is 0 Å². The van der Waals surface area contributed by atoms with E-state index in [2.05, 4.69) is 15.5 Å². The number of rotatable bonds is 7. The molecule has 4 amide bonds. The Bertz CT molecular complexity index is 1060. The Hall–Kier alpha value is -3.28. The van der Waals surface area contributed by atoms with Gasteiger partial charge in [-0.05, 0) is 52.3 Å². The molecule has 38 heavy (non-hydrogen) atoms. The Morgan fingerprint density at radius 1 is 1.16 bits per heavy atom. The van der Waals surface area contributed by atoms with Crippen molar-refractivity contribution in [2.24, 2.45) is 0 Å². The maximum atomic E-state index is 13.2. The van der Waals surface area contributed by atoms with Gasteiger partial charge in [0, 0.05) is 50.5 Å². The Labute approximate surface area is 221 Å². The molecule has 1 fully saturated rings. The van der Waals surface area contributed by atoms with Gasteiger partial charge in [0.05, 0.1) is 23.8 Å². The van der Waals surface area contributed by atoms with Crippen molar-refractivity contribution in [3.63, 3.8) is 0 Å². The van der Waals surface area contributed by atoms with Crippen LogP contribution in [0.3, 0.4) is 0 Å². The third-order valence-electron chi connectivity index (χ3n) is 6.58. The van der Waals surface area contributed by atoms with Crippen LogP contribution in [0.2, 0.25) is 0 Å². The summed E-state index contributed by atoms with van der Waals surface area (Å²) in [6.07, 6.45) is -4.51. The third kappa shape index (κ3) is 6.58. The molecule has 0 aliphatic carbocycles. The van der Waals surface area contributed by atoms with Gasteiger partial charge < -0.3 is 20.3 Å². The second kappa shape index (κ2) is 12.1. The lowest BCUT2D eigenvalue weighted by Crippen LogP contribution is -2.58. The summed E-state index contributed by atoms with van der Waals surface area (Å²) in [6.45, 7) is 11.2. The van der Waals surface area contributed by atoms with Gasteiger partial charge in [-0.25, -0.2) is 14.4 Å². The molecule has 0 aromatic heterocycles. The van der Waals surface area contributed by atoms with Crippen molar-refractivity contribution in [3.05, 3.63) is 46.7 Å². The molecule has 1 aromatic carbocycles. The summed E-state index contributed by atoms with van der Waals surface area (Å²) in [6, 6.07) is 2.70. The van der Waals surface area contributed by atoms with Crippen LogP contribution in [0.25, 0.3) is 0 Å².